The molecule has 0 amide bonds. The molecule has 3 aromatic rings. The highest BCUT2D eigenvalue weighted by Crippen LogP contribution is 2.27. The standard InChI is InChI=1S/C19H20F2N6O/c20-18(21)11-28-19-16-7-15(1-2-17(16)24-13-25-19)27-5-3-26(4-6-27)10-14-8-22-12-23-9-14/h1-2,7-9,12-13,18H,3-6,10-11H2. The molecule has 0 radical (unpaired) electrons. The van der Waals surface area contributed by atoms with E-state index in [1.807, 2.05) is 30.6 Å². The molecule has 0 saturated carbocycles. The van der Waals surface area contributed by atoms with Crippen LogP contribution < -0.4 is 9.64 Å². The largest absolute Gasteiger partial charge is 0.471 e. The molecule has 1 aromatic carbocycles. The molecule has 7 nitrogen and oxygen atoms in total. The van der Waals surface area contributed by atoms with Crippen LogP contribution in [0.5, 0.6) is 5.88 Å². The molecule has 4 rings (SSSR count). The van der Waals surface area contributed by atoms with Crippen molar-refractivity contribution in [2.24, 2.45) is 0 Å². The maximum absolute atomic E-state index is 12.5. The van der Waals surface area contributed by atoms with Crippen LogP contribution in [0.25, 0.3) is 10.9 Å². The third-order valence-corrected chi connectivity index (χ3v) is 4.69. The first-order chi connectivity index (χ1) is 13.7. The van der Waals surface area contributed by atoms with Crippen LogP contribution in [0, 0.1) is 0 Å². The second-order valence-electron chi connectivity index (χ2n) is 6.59. The number of anilines is 1. The number of benzene rings is 1. The van der Waals surface area contributed by atoms with Gasteiger partial charge < -0.3 is 9.64 Å². The summed E-state index contributed by atoms with van der Waals surface area (Å²) in [6.07, 6.45) is 3.99. The second kappa shape index (κ2) is 8.39. The van der Waals surface area contributed by atoms with E-state index in [0.717, 1.165) is 44.0 Å². The fraction of sp³-hybridized carbons (Fsp3) is 0.368. The minimum atomic E-state index is -2.55. The monoisotopic (exact) mass is 386 g/mol. The van der Waals surface area contributed by atoms with E-state index in [4.69, 9.17) is 4.74 Å². The van der Waals surface area contributed by atoms with E-state index in [0.29, 0.717) is 10.9 Å². The Balaban J connectivity index is 1.45. The summed E-state index contributed by atoms with van der Waals surface area (Å²) in [5.41, 5.74) is 2.78. The van der Waals surface area contributed by atoms with Gasteiger partial charge in [-0.05, 0) is 18.2 Å². The van der Waals surface area contributed by atoms with Crippen molar-refractivity contribution >= 4 is 16.6 Å². The van der Waals surface area contributed by atoms with Gasteiger partial charge in [-0.3, -0.25) is 4.90 Å². The lowest BCUT2D eigenvalue weighted by molar-refractivity contribution is 0.0804. The highest BCUT2D eigenvalue weighted by atomic mass is 19.3. The van der Waals surface area contributed by atoms with Crippen LogP contribution in [0.4, 0.5) is 14.5 Å². The van der Waals surface area contributed by atoms with Crippen LogP contribution in [0.3, 0.4) is 0 Å². The van der Waals surface area contributed by atoms with Crippen molar-refractivity contribution in [2.75, 3.05) is 37.7 Å². The third kappa shape index (κ3) is 4.30. The summed E-state index contributed by atoms with van der Waals surface area (Å²) >= 11 is 0. The van der Waals surface area contributed by atoms with Crippen molar-refractivity contribution in [3.8, 4) is 5.88 Å². The summed E-state index contributed by atoms with van der Waals surface area (Å²) in [5, 5.41) is 0.643. The van der Waals surface area contributed by atoms with E-state index in [1.54, 1.807) is 0 Å². The molecule has 9 heteroatoms. The quantitative estimate of drug-likeness (QED) is 0.644. The van der Waals surface area contributed by atoms with Crippen molar-refractivity contribution in [3.63, 3.8) is 0 Å². The highest BCUT2D eigenvalue weighted by Gasteiger charge is 2.19. The molecule has 0 atom stereocenters. The fourth-order valence-electron chi connectivity index (χ4n) is 3.31. The number of hydrogen-bond donors (Lipinski definition) is 0. The highest BCUT2D eigenvalue weighted by molar-refractivity contribution is 5.86. The maximum Gasteiger partial charge on any atom is 0.272 e. The average Bonchev–Trinajstić information content (AvgIpc) is 2.73. The lowest BCUT2D eigenvalue weighted by Gasteiger charge is -2.36. The molecule has 3 heterocycles. The zero-order chi connectivity index (χ0) is 19.3. The third-order valence-electron chi connectivity index (χ3n) is 4.69. The molecule has 0 aliphatic carbocycles. The van der Waals surface area contributed by atoms with E-state index >= 15 is 0 Å². The van der Waals surface area contributed by atoms with Gasteiger partial charge in [0.15, 0.2) is 6.61 Å². The molecule has 1 aliphatic rings. The van der Waals surface area contributed by atoms with E-state index in [2.05, 4.69) is 29.7 Å². The number of halogens is 2. The molecular weight excluding hydrogens is 366 g/mol. The summed E-state index contributed by atoms with van der Waals surface area (Å²) in [7, 11) is 0. The number of piperazine rings is 1. The zero-order valence-electron chi connectivity index (χ0n) is 15.2. The lowest BCUT2D eigenvalue weighted by atomic mass is 10.1. The number of aromatic nitrogens is 4. The summed E-state index contributed by atoms with van der Waals surface area (Å²) in [6, 6.07) is 5.78. The van der Waals surface area contributed by atoms with Gasteiger partial charge in [0.05, 0.1) is 10.9 Å². The topological polar surface area (TPSA) is 67.3 Å². The Morgan fingerprint density at radius 3 is 2.54 bits per heavy atom. The van der Waals surface area contributed by atoms with Gasteiger partial charge in [0.1, 0.15) is 12.7 Å². The summed E-state index contributed by atoms with van der Waals surface area (Å²) in [6.45, 7) is 3.68. The Kier molecular flexibility index (Phi) is 5.52. The number of hydrogen-bond acceptors (Lipinski definition) is 7. The van der Waals surface area contributed by atoms with Crippen LogP contribution >= 0.6 is 0 Å². The van der Waals surface area contributed by atoms with Crippen molar-refractivity contribution in [3.05, 3.63) is 48.8 Å². The van der Waals surface area contributed by atoms with Crippen LogP contribution in [-0.2, 0) is 6.54 Å². The van der Waals surface area contributed by atoms with Gasteiger partial charge >= 0.3 is 0 Å². The first-order valence-electron chi connectivity index (χ1n) is 9.06. The number of fused-ring (bicyclic) bond motifs is 1. The molecule has 1 fully saturated rings. The van der Waals surface area contributed by atoms with Gasteiger partial charge in [-0.15, -0.1) is 0 Å². The number of ether oxygens (including phenoxy) is 1. The van der Waals surface area contributed by atoms with Crippen molar-refractivity contribution in [1.29, 1.82) is 0 Å². The first-order valence-corrected chi connectivity index (χ1v) is 9.06. The summed E-state index contributed by atoms with van der Waals surface area (Å²) in [4.78, 5) is 21.0. The summed E-state index contributed by atoms with van der Waals surface area (Å²) < 4.78 is 30.2. The molecule has 0 N–H and O–H groups in total. The van der Waals surface area contributed by atoms with Gasteiger partial charge in [0.25, 0.3) is 6.43 Å². The van der Waals surface area contributed by atoms with E-state index < -0.39 is 13.0 Å². The molecule has 1 aliphatic heterocycles. The minimum absolute atomic E-state index is 0.190. The molecule has 0 bridgehead atoms. The first kappa shape index (κ1) is 18.4. The molecule has 0 spiro atoms. The number of alkyl halides is 2. The molecule has 28 heavy (non-hydrogen) atoms. The van der Waals surface area contributed by atoms with Gasteiger partial charge in [-0.1, -0.05) is 0 Å². The maximum atomic E-state index is 12.5. The molecule has 0 unspecified atom stereocenters. The minimum Gasteiger partial charge on any atom is -0.471 e. The number of nitrogens with zero attached hydrogens (tertiary/aromatic N) is 6. The summed E-state index contributed by atoms with van der Waals surface area (Å²) in [5.74, 6) is 0.190. The molecule has 2 aromatic heterocycles. The Morgan fingerprint density at radius 1 is 1.00 bits per heavy atom. The SMILES string of the molecule is FC(F)COc1ncnc2ccc(N3CCN(Cc4cncnc4)CC3)cc12. The molecule has 1 saturated heterocycles. The fourth-order valence-corrected chi connectivity index (χ4v) is 3.31. The Labute approximate surface area is 161 Å². The zero-order valence-corrected chi connectivity index (χ0v) is 15.2. The van der Waals surface area contributed by atoms with Gasteiger partial charge in [-0.2, -0.15) is 0 Å². The number of rotatable bonds is 6. The Hall–Kier alpha value is -2.94. The van der Waals surface area contributed by atoms with Gasteiger partial charge in [-0.25, -0.2) is 28.7 Å². The Morgan fingerprint density at radius 2 is 1.79 bits per heavy atom. The predicted octanol–water partition coefficient (Wildman–Crippen LogP) is 2.39. The van der Waals surface area contributed by atoms with E-state index in [1.165, 1.54) is 12.7 Å². The van der Waals surface area contributed by atoms with Crippen molar-refractivity contribution in [1.82, 2.24) is 24.8 Å². The van der Waals surface area contributed by atoms with E-state index in [-0.39, 0.29) is 5.88 Å². The van der Waals surface area contributed by atoms with Crippen molar-refractivity contribution in [2.45, 2.75) is 13.0 Å². The molecular formula is C19H20F2N6O. The Bertz CT molecular complexity index is 919. The smallest absolute Gasteiger partial charge is 0.272 e. The van der Waals surface area contributed by atoms with E-state index in [9.17, 15) is 8.78 Å². The average molecular weight is 386 g/mol. The van der Waals surface area contributed by atoms with Gasteiger partial charge in [0, 0.05) is 56.4 Å². The second-order valence-corrected chi connectivity index (χ2v) is 6.59. The van der Waals surface area contributed by atoms with Crippen molar-refractivity contribution < 1.29 is 13.5 Å². The van der Waals surface area contributed by atoms with Gasteiger partial charge in [0.2, 0.25) is 5.88 Å². The molecule has 146 valence electrons. The van der Waals surface area contributed by atoms with Crippen LogP contribution in [0.1, 0.15) is 5.56 Å². The lowest BCUT2D eigenvalue weighted by Crippen LogP contribution is -2.46. The normalized spacial score (nSPS) is 15.3. The van der Waals surface area contributed by atoms with Crippen LogP contribution in [-0.4, -0.2) is 64.0 Å². The predicted molar refractivity (Wildman–Crippen MR) is 101 cm³/mol. The van der Waals surface area contributed by atoms with Crippen LogP contribution in [0.15, 0.2) is 43.2 Å². The van der Waals surface area contributed by atoms with Crippen LogP contribution in [0.2, 0.25) is 0 Å².